The van der Waals surface area contributed by atoms with E-state index in [1.54, 1.807) is 51.1 Å². The molecule has 3 N–H and O–H groups in total. The second-order valence-electron chi connectivity index (χ2n) is 9.04. The lowest BCUT2D eigenvalue weighted by Crippen LogP contribution is -2.43. The fourth-order valence-corrected chi connectivity index (χ4v) is 6.05. The fourth-order valence-electron chi connectivity index (χ4n) is 3.79. The first-order valence-electron chi connectivity index (χ1n) is 11.9. The highest BCUT2D eigenvalue weighted by Gasteiger charge is 2.56. The van der Waals surface area contributed by atoms with Crippen LogP contribution in [0, 0.1) is 17.8 Å². The molecule has 11 nitrogen and oxygen atoms in total. The van der Waals surface area contributed by atoms with Crippen LogP contribution in [0.3, 0.4) is 0 Å². The number of aliphatic hydroxyl groups excluding tert-OH is 1. The number of hydrogen-bond donors (Lipinski definition) is 2. The van der Waals surface area contributed by atoms with Gasteiger partial charge in [-0.1, -0.05) is 42.6 Å². The van der Waals surface area contributed by atoms with Crippen LogP contribution in [0.1, 0.15) is 33.9 Å². The molecule has 0 spiro atoms. The lowest BCUT2D eigenvalue weighted by molar-refractivity contribution is -0.151. The van der Waals surface area contributed by atoms with Gasteiger partial charge >= 0.3 is 19.3 Å². The normalized spacial score (nSPS) is 25.2. The number of nitrogens with two attached hydrogens (primary N) is 1. The van der Waals surface area contributed by atoms with Crippen LogP contribution in [0.25, 0.3) is 0 Å². The molecule has 1 aliphatic heterocycles. The van der Waals surface area contributed by atoms with E-state index in [1.165, 1.54) is 19.2 Å². The van der Waals surface area contributed by atoms with Crippen molar-refractivity contribution in [3.63, 3.8) is 0 Å². The van der Waals surface area contributed by atoms with Crippen molar-refractivity contribution in [1.29, 1.82) is 0 Å². The monoisotopic (exact) mass is 567 g/mol. The van der Waals surface area contributed by atoms with Crippen molar-refractivity contribution in [3.8, 4) is 17.6 Å². The molecule has 13 heteroatoms. The highest BCUT2D eigenvalue weighted by Crippen LogP contribution is 2.51. The Morgan fingerprint density at radius 2 is 2.00 bits per heavy atom. The van der Waals surface area contributed by atoms with Crippen LogP contribution in [0.2, 0.25) is 0 Å². The molecule has 0 amide bonds. The van der Waals surface area contributed by atoms with E-state index in [2.05, 4.69) is 16.8 Å². The largest absolute Gasteiger partial charge is 0.463 e. The number of para-hydroxylation sites is 1. The summed E-state index contributed by atoms with van der Waals surface area (Å²) in [5.41, 5.74) is 4.82. The maximum atomic E-state index is 13.8. The van der Waals surface area contributed by atoms with E-state index in [-0.39, 0.29) is 23.8 Å². The molecular formula is C25H31ClN3O8P. The number of alkyl halides is 1. The number of aromatic nitrogens is 2. The summed E-state index contributed by atoms with van der Waals surface area (Å²) in [5, 5.41) is 11.1. The van der Waals surface area contributed by atoms with E-state index in [0.29, 0.717) is 0 Å². The van der Waals surface area contributed by atoms with Gasteiger partial charge in [-0.2, -0.15) is 4.98 Å². The topological polar surface area (TPSA) is 152 Å². The first-order chi connectivity index (χ1) is 17.9. The summed E-state index contributed by atoms with van der Waals surface area (Å²) in [6.45, 7) is 6.02. The fraction of sp³-hybridized carbons (Fsp3) is 0.480. The van der Waals surface area contributed by atoms with E-state index in [9.17, 15) is 19.3 Å². The Balaban J connectivity index is 1.86. The Labute approximate surface area is 225 Å². The lowest BCUT2D eigenvalue weighted by Gasteiger charge is -2.26. The molecular weight excluding hydrogens is 537 g/mol. The van der Waals surface area contributed by atoms with Crippen molar-refractivity contribution in [2.75, 3.05) is 18.5 Å². The first-order valence-corrected chi connectivity index (χ1v) is 14.0. The van der Waals surface area contributed by atoms with Crippen LogP contribution in [-0.2, 0) is 23.4 Å². The molecule has 0 radical (unpaired) electrons. The van der Waals surface area contributed by atoms with Crippen molar-refractivity contribution >= 4 is 31.0 Å². The number of nitrogens with zero attached hydrogens (tertiary/aromatic N) is 2. The highest BCUT2D eigenvalue weighted by atomic mass is 35.5. The summed E-state index contributed by atoms with van der Waals surface area (Å²) in [6.07, 6.45) is -3.25. The Bertz CT molecular complexity index is 1290. The zero-order valence-electron chi connectivity index (χ0n) is 21.4. The molecule has 2 heterocycles. The maximum Gasteiger partial charge on any atom is 0.380 e. The van der Waals surface area contributed by atoms with Crippen molar-refractivity contribution in [2.45, 2.75) is 57.1 Å². The third-order valence-electron chi connectivity index (χ3n) is 5.54. The van der Waals surface area contributed by atoms with Crippen molar-refractivity contribution in [3.05, 3.63) is 53.1 Å². The molecule has 206 valence electrons. The smallest absolute Gasteiger partial charge is 0.380 e. The van der Waals surface area contributed by atoms with Gasteiger partial charge in [-0.3, -0.25) is 13.9 Å². The van der Waals surface area contributed by atoms with Gasteiger partial charge in [0.15, 0.2) is 11.1 Å². The number of nitrogen functional groups attached to an aromatic ring is 1. The number of halogens is 1. The number of carbonyl (C=O) groups is 1. The van der Waals surface area contributed by atoms with Crippen LogP contribution in [0.15, 0.2) is 47.4 Å². The molecule has 38 heavy (non-hydrogen) atoms. The number of anilines is 1. The number of esters is 1. The molecule has 6 atom stereocenters. The molecule has 0 bridgehead atoms. The summed E-state index contributed by atoms with van der Waals surface area (Å²) in [4.78, 5) is 26.8. The SMILES string of the molecule is CC#CC1(Cl)[C@@H](O)[C@@H](CO[P@@](=O)(C[C@@H](C)C(=O)OC(C)C)Oc2ccccc2)O[C@H]1n1ccc(N)nc1=O. The molecule has 1 aromatic carbocycles. The number of benzene rings is 1. The van der Waals surface area contributed by atoms with Crippen molar-refractivity contribution < 1.29 is 33.0 Å². The van der Waals surface area contributed by atoms with E-state index in [1.807, 2.05) is 0 Å². The molecule has 1 saturated heterocycles. The molecule has 0 saturated carbocycles. The van der Waals surface area contributed by atoms with Gasteiger partial charge < -0.3 is 24.8 Å². The summed E-state index contributed by atoms with van der Waals surface area (Å²) in [5.74, 6) is 4.20. The minimum atomic E-state index is -4.01. The first kappa shape index (κ1) is 29.7. The number of ether oxygens (including phenoxy) is 2. The zero-order chi connectivity index (χ0) is 28.1. The molecule has 0 aliphatic carbocycles. The van der Waals surface area contributed by atoms with Crippen molar-refractivity contribution in [2.24, 2.45) is 5.92 Å². The van der Waals surface area contributed by atoms with Gasteiger partial charge in [0.05, 0.1) is 24.8 Å². The third-order valence-corrected chi connectivity index (χ3v) is 8.07. The van der Waals surface area contributed by atoms with Gasteiger partial charge in [0.25, 0.3) is 0 Å². The average Bonchev–Trinajstić information content (AvgIpc) is 3.08. The predicted octanol–water partition coefficient (Wildman–Crippen LogP) is 2.96. The van der Waals surface area contributed by atoms with Crippen LogP contribution in [0.4, 0.5) is 5.82 Å². The van der Waals surface area contributed by atoms with Gasteiger partial charge in [-0.25, -0.2) is 9.36 Å². The summed E-state index contributed by atoms with van der Waals surface area (Å²) < 4.78 is 37.5. The van der Waals surface area contributed by atoms with Crippen LogP contribution in [-0.4, -0.2) is 56.6 Å². The number of rotatable bonds is 10. The number of carbonyl (C=O) groups excluding carboxylic acids is 1. The van der Waals surface area contributed by atoms with Crippen LogP contribution in [0.5, 0.6) is 5.75 Å². The van der Waals surface area contributed by atoms with Gasteiger partial charge in [0.2, 0.25) is 0 Å². The Kier molecular flexibility index (Phi) is 9.63. The van der Waals surface area contributed by atoms with Crippen molar-refractivity contribution in [1.82, 2.24) is 9.55 Å². The van der Waals surface area contributed by atoms with Crippen LogP contribution < -0.4 is 15.9 Å². The minimum absolute atomic E-state index is 0.00413. The maximum absolute atomic E-state index is 13.8. The zero-order valence-corrected chi connectivity index (χ0v) is 23.1. The Morgan fingerprint density at radius 3 is 2.61 bits per heavy atom. The minimum Gasteiger partial charge on any atom is -0.463 e. The quantitative estimate of drug-likeness (QED) is 0.190. The third kappa shape index (κ3) is 6.95. The standard InChI is InChI=1S/C25H31ClN3O8P/c1-5-12-25(26)21(30)19(36-23(25)29-13-11-20(27)28-24(29)32)14-34-38(33,37-18-9-7-6-8-10-18)15-17(4)22(31)35-16(2)3/h6-11,13,16-17,19,21,23,30H,14-15H2,1-4H3,(H2,27,28,32)/t17-,19-,21+,23-,25?,38+/m1/s1. The van der Waals surface area contributed by atoms with Gasteiger partial charge in [-0.15, -0.1) is 5.92 Å². The molecule has 2 aromatic rings. The predicted molar refractivity (Wildman–Crippen MR) is 141 cm³/mol. The number of aliphatic hydroxyl groups is 1. The summed E-state index contributed by atoms with van der Waals surface area (Å²) in [6, 6.07) is 9.68. The molecule has 1 aliphatic rings. The summed E-state index contributed by atoms with van der Waals surface area (Å²) >= 11 is 6.70. The van der Waals surface area contributed by atoms with Crippen LogP contribution >= 0.6 is 19.2 Å². The van der Waals surface area contributed by atoms with Gasteiger partial charge in [0.1, 0.15) is 23.8 Å². The van der Waals surface area contributed by atoms with Gasteiger partial charge in [-0.05, 0) is 39.0 Å². The molecule has 1 aromatic heterocycles. The second-order valence-corrected chi connectivity index (χ2v) is 11.7. The van der Waals surface area contributed by atoms with E-state index < -0.39 is 55.1 Å². The molecule has 1 unspecified atom stereocenters. The van der Waals surface area contributed by atoms with E-state index in [0.717, 1.165) is 4.57 Å². The lowest BCUT2D eigenvalue weighted by atomic mass is 9.99. The van der Waals surface area contributed by atoms with E-state index in [4.69, 9.17) is 35.9 Å². The second kappa shape index (κ2) is 12.3. The van der Waals surface area contributed by atoms with Gasteiger partial charge in [0, 0.05) is 6.20 Å². The molecule has 3 rings (SSSR count). The molecule has 1 fully saturated rings. The van der Waals surface area contributed by atoms with E-state index >= 15 is 0 Å². The average molecular weight is 568 g/mol. The Hall–Kier alpha value is -2.87. The highest BCUT2D eigenvalue weighted by molar-refractivity contribution is 7.54. The number of hydrogen-bond acceptors (Lipinski definition) is 10. The Morgan fingerprint density at radius 1 is 1.32 bits per heavy atom. The summed E-state index contributed by atoms with van der Waals surface area (Å²) in [7, 11) is -4.01.